The molecule has 5 rings (SSSR count). The number of ether oxygens (including phenoxy) is 1. The number of fused-ring (bicyclic) bond motifs is 2. The zero-order valence-corrected chi connectivity index (χ0v) is 16.2. The third-order valence-electron chi connectivity index (χ3n) is 5.62. The predicted molar refractivity (Wildman–Crippen MR) is 109 cm³/mol. The largest absolute Gasteiger partial charge is 0.508 e. The molecular weight excluding hydrogens is 370 g/mol. The Morgan fingerprint density at radius 2 is 1.93 bits per heavy atom. The smallest absolute Gasteiger partial charge is 0.290 e. The van der Waals surface area contributed by atoms with Crippen molar-refractivity contribution in [2.45, 2.75) is 38.5 Å². The van der Waals surface area contributed by atoms with Crippen LogP contribution in [-0.2, 0) is 29.2 Å². The maximum atomic E-state index is 10.1. The van der Waals surface area contributed by atoms with Gasteiger partial charge in [0, 0.05) is 38.4 Å². The summed E-state index contributed by atoms with van der Waals surface area (Å²) in [6, 6.07) is 12.5. The number of hydrogen-bond donors (Lipinski definition) is 2. The number of hydrogen-bond acceptors (Lipinski definition) is 5. The molecule has 3 aromatic rings. The normalized spacial score (nSPS) is 17.0. The highest BCUT2D eigenvalue weighted by Gasteiger charge is 2.27. The van der Waals surface area contributed by atoms with Crippen molar-refractivity contribution in [3.05, 3.63) is 59.4 Å². The topological polar surface area (TPSA) is 87.8 Å². The third kappa shape index (κ3) is 4.11. The van der Waals surface area contributed by atoms with E-state index in [-0.39, 0.29) is 6.47 Å². The van der Waals surface area contributed by atoms with E-state index in [4.69, 9.17) is 14.6 Å². The highest BCUT2D eigenvalue weighted by molar-refractivity contribution is 5.87. The average molecular weight is 395 g/mol. The van der Waals surface area contributed by atoms with Crippen LogP contribution in [-0.4, -0.2) is 44.6 Å². The number of nitrogens with zero attached hydrogens (tertiary/aromatic N) is 3. The fraction of sp³-hybridized carbons (Fsp3) is 0.364. The Balaban J connectivity index is 0.000000645. The number of carboxylic acid groups (broad SMARTS) is 1. The highest BCUT2D eigenvalue weighted by atomic mass is 16.5. The van der Waals surface area contributed by atoms with Gasteiger partial charge < -0.3 is 14.9 Å². The van der Waals surface area contributed by atoms with E-state index in [9.17, 15) is 5.11 Å². The average Bonchev–Trinajstić information content (AvgIpc) is 3.29. The monoisotopic (exact) mass is 395 g/mol. The van der Waals surface area contributed by atoms with Gasteiger partial charge >= 0.3 is 0 Å². The molecule has 2 aliphatic heterocycles. The van der Waals surface area contributed by atoms with Gasteiger partial charge in [-0.3, -0.25) is 14.4 Å². The maximum Gasteiger partial charge on any atom is 0.290 e. The van der Waals surface area contributed by atoms with Gasteiger partial charge in [-0.25, -0.2) is 0 Å². The predicted octanol–water partition coefficient (Wildman–Crippen LogP) is 3.31. The van der Waals surface area contributed by atoms with Gasteiger partial charge in [0.05, 0.1) is 17.9 Å². The summed E-state index contributed by atoms with van der Waals surface area (Å²) in [7, 11) is 0. The first-order chi connectivity index (χ1) is 14.2. The Kier molecular flexibility index (Phi) is 5.78. The molecule has 0 aliphatic carbocycles. The molecule has 0 atom stereocenters. The van der Waals surface area contributed by atoms with Crippen molar-refractivity contribution < 1.29 is 19.7 Å². The summed E-state index contributed by atoms with van der Waals surface area (Å²) < 4.78 is 7.73. The molecule has 0 saturated carbocycles. The number of aromatic nitrogens is 2. The van der Waals surface area contributed by atoms with Crippen LogP contribution in [0.15, 0.2) is 42.6 Å². The fourth-order valence-corrected chi connectivity index (χ4v) is 4.34. The second-order valence-corrected chi connectivity index (χ2v) is 7.48. The minimum absolute atomic E-state index is 0.250. The summed E-state index contributed by atoms with van der Waals surface area (Å²) in [5, 5.41) is 23.9. The van der Waals surface area contributed by atoms with Crippen LogP contribution in [0.4, 0.5) is 0 Å². The molecule has 2 aliphatic rings. The summed E-state index contributed by atoms with van der Waals surface area (Å²) in [5.74, 6) is 0.337. The summed E-state index contributed by atoms with van der Waals surface area (Å²) in [6.45, 7) is 4.08. The molecular formula is C22H25N3O4. The second-order valence-electron chi connectivity index (χ2n) is 7.48. The van der Waals surface area contributed by atoms with Gasteiger partial charge in [-0.1, -0.05) is 24.3 Å². The standard InChI is InChI=1S/C21H23N3O2.CH2O2/c25-19-9-15-3-1-2-4-20(15)16(10-19)12-23-13-17-11-22-24(21(17)14-23)18-5-7-26-8-6-18;2-1-3/h1-4,9-11,18,25H,5-8,12-14H2;1H,(H,2,3). The Morgan fingerprint density at radius 1 is 1.17 bits per heavy atom. The van der Waals surface area contributed by atoms with Crippen molar-refractivity contribution >= 4 is 17.2 Å². The SMILES string of the molecule is O=CO.Oc1cc(CN2Cc3cnn(C4CCOCC4)c3C2)c2ccccc2c1. The number of phenolic OH excluding ortho intramolecular Hbond substituents is 1. The molecule has 7 heteroatoms. The lowest BCUT2D eigenvalue weighted by molar-refractivity contribution is -0.122. The third-order valence-corrected chi connectivity index (χ3v) is 5.62. The summed E-state index contributed by atoms with van der Waals surface area (Å²) in [4.78, 5) is 10.8. The van der Waals surface area contributed by atoms with Crippen molar-refractivity contribution in [2.75, 3.05) is 13.2 Å². The van der Waals surface area contributed by atoms with Gasteiger partial charge in [0.15, 0.2) is 0 Å². The molecule has 3 heterocycles. The zero-order valence-electron chi connectivity index (χ0n) is 16.2. The van der Waals surface area contributed by atoms with E-state index in [1.807, 2.05) is 24.4 Å². The summed E-state index contributed by atoms with van der Waals surface area (Å²) in [6.07, 6.45) is 4.13. The van der Waals surface area contributed by atoms with Crippen LogP contribution in [0, 0.1) is 0 Å². The fourth-order valence-electron chi connectivity index (χ4n) is 4.34. The van der Waals surface area contributed by atoms with Crippen molar-refractivity contribution in [1.29, 1.82) is 0 Å². The molecule has 1 aromatic heterocycles. The van der Waals surface area contributed by atoms with Crippen molar-refractivity contribution in [2.24, 2.45) is 0 Å². The molecule has 0 spiro atoms. The Morgan fingerprint density at radius 3 is 2.72 bits per heavy atom. The van der Waals surface area contributed by atoms with Gasteiger partial charge in [-0.2, -0.15) is 5.10 Å². The first kappa shape index (κ1) is 19.4. The lowest BCUT2D eigenvalue weighted by Gasteiger charge is -2.24. The number of carbonyl (C=O) groups is 1. The number of rotatable bonds is 3. The summed E-state index contributed by atoms with van der Waals surface area (Å²) >= 11 is 0. The molecule has 152 valence electrons. The lowest BCUT2D eigenvalue weighted by Crippen LogP contribution is -2.23. The first-order valence-electron chi connectivity index (χ1n) is 9.83. The van der Waals surface area contributed by atoms with E-state index in [0.29, 0.717) is 11.8 Å². The molecule has 1 fully saturated rings. The van der Waals surface area contributed by atoms with Crippen LogP contribution >= 0.6 is 0 Å². The minimum atomic E-state index is -0.250. The van der Waals surface area contributed by atoms with E-state index < -0.39 is 0 Å². The summed E-state index contributed by atoms with van der Waals surface area (Å²) in [5.41, 5.74) is 3.86. The van der Waals surface area contributed by atoms with Crippen LogP contribution in [0.1, 0.15) is 35.7 Å². The van der Waals surface area contributed by atoms with Crippen molar-refractivity contribution in [3.63, 3.8) is 0 Å². The Bertz CT molecular complexity index is 995. The quantitative estimate of drug-likeness (QED) is 0.662. The van der Waals surface area contributed by atoms with Crippen LogP contribution in [0.5, 0.6) is 5.75 Å². The van der Waals surface area contributed by atoms with Gasteiger partial charge in [0.2, 0.25) is 0 Å². The molecule has 7 nitrogen and oxygen atoms in total. The number of benzene rings is 2. The number of aromatic hydroxyl groups is 1. The van der Waals surface area contributed by atoms with E-state index in [0.717, 1.165) is 51.1 Å². The first-order valence-corrected chi connectivity index (χ1v) is 9.83. The van der Waals surface area contributed by atoms with Crippen molar-refractivity contribution in [3.8, 4) is 5.75 Å². The second kappa shape index (κ2) is 8.63. The van der Waals surface area contributed by atoms with E-state index in [2.05, 4.69) is 32.9 Å². The van der Waals surface area contributed by atoms with E-state index >= 15 is 0 Å². The molecule has 29 heavy (non-hydrogen) atoms. The zero-order chi connectivity index (χ0) is 20.2. The Hall–Kier alpha value is -2.90. The van der Waals surface area contributed by atoms with Crippen LogP contribution in [0.3, 0.4) is 0 Å². The van der Waals surface area contributed by atoms with Crippen LogP contribution < -0.4 is 0 Å². The Labute approximate surface area is 169 Å². The molecule has 0 amide bonds. The van der Waals surface area contributed by atoms with Gasteiger partial charge in [0.1, 0.15) is 5.75 Å². The minimum Gasteiger partial charge on any atom is -0.508 e. The molecule has 0 radical (unpaired) electrons. The van der Waals surface area contributed by atoms with E-state index in [1.54, 1.807) is 0 Å². The van der Waals surface area contributed by atoms with E-state index in [1.165, 1.54) is 22.2 Å². The van der Waals surface area contributed by atoms with Crippen molar-refractivity contribution in [1.82, 2.24) is 14.7 Å². The van der Waals surface area contributed by atoms with Gasteiger partial charge in [-0.15, -0.1) is 0 Å². The van der Waals surface area contributed by atoms with Gasteiger partial charge in [0.25, 0.3) is 6.47 Å². The molecule has 0 unspecified atom stereocenters. The molecule has 2 N–H and O–H groups in total. The van der Waals surface area contributed by atoms with Gasteiger partial charge in [-0.05, 0) is 41.3 Å². The number of phenols is 1. The molecule has 2 aromatic carbocycles. The maximum absolute atomic E-state index is 10.1. The van der Waals surface area contributed by atoms with Crippen LogP contribution in [0.2, 0.25) is 0 Å². The lowest BCUT2D eigenvalue weighted by atomic mass is 10.0. The van der Waals surface area contributed by atoms with Crippen LogP contribution in [0.25, 0.3) is 10.8 Å². The molecule has 1 saturated heterocycles. The molecule has 0 bridgehead atoms. The highest BCUT2D eigenvalue weighted by Crippen LogP contribution is 2.32.